The molecule has 138 valence electrons. The Morgan fingerprint density at radius 1 is 0.962 bits per heavy atom. The topological polar surface area (TPSA) is 59.4 Å². The molecule has 2 saturated heterocycles. The van der Waals surface area contributed by atoms with Gasteiger partial charge >= 0.3 is 0 Å². The summed E-state index contributed by atoms with van der Waals surface area (Å²) in [6.45, 7) is 2.22. The summed E-state index contributed by atoms with van der Waals surface area (Å²) < 4.78 is 0. The lowest BCUT2D eigenvalue weighted by molar-refractivity contribution is -0.125. The Morgan fingerprint density at radius 3 is 2.23 bits per heavy atom. The quantitative estimate of drug-likeness (QED) is 0.831. The van der Waals surface area contributed by atoms with Gasteiger partial charge in [0.15, 0.2) is 0 Å². The van der Waals surface area contributed by atoms with E-state index in [1.165, 1.54) is 12.8 Å². The Morgan fingerprint density at radius 2 is 1.62 bits per heavy atom. The summed E-state index contributed by atoms with van der Waals surface area (Å²) in [5.74, 6) is 0.146. The van der Waals surface area contributed by atoms with Gasteiger partial charge in [0.25, 0.3) is 0 Å². The van der Waals surface area contributed by atoms with Crippen LogP contribution in [0.3, 0.4) is 0 Å². The molecule has 3 fully saturated rings. The molecule has 1 aliphatic carbocycles. The summed E-state index contributed by atoms with van der Waals surface area (Å²) in [7, 11) is 0. The van der Waals surface area contributed by atoms with Crippen LogP contribution >= 0.6 is 0 Å². The Balaban J connectivity index is 1.54. The van der Waals surface area contributed by atoms with Gasteiger partial charge < -0.3 is 10.2 Å². The average molecular weight is 352 g/mol. The van der Waals surface area contributed by atoms with Crippen molar-refractivity contribution in [1.29, 1.82) is 5.26 Å². The van der Waals surface area contributed by atoms with Crippen LogP contribution in [-0.2, 0) is 4.79 Å². The van der Waals surface area contributed by atoms with Gasteiger partial charge in [0.05, 0.1) is 12.7 Å². The van der Waals surface area contributed by atoms with E-state index in [4.69, 9.17) is 0 Å². The van der Waals surface area contributed by atoms with Crippen LogP contribution in [0.25, 0.3) is 0 Å². The molecule has 0 aromatic heterocycles. The Kier molecular flexibility index (Phi) is 4.62. The zero-order valence-electron chi connectivity index (χ0n) is 15.4. The van der Waals surface area contributed by atoms with E-state index in [0.717, 1.165) is 57.3 Å². The van der Waals surface area contributed by atoms with E-state index in [0.29, 0.717) is 6.67 Å². The molecule has 3 aliphatic rings. The highest BCUT2D eigenvalue weighted by Crippen LogP contribution is 2.40. The number of rotatable bonds is 2. The molecule has 0 bridgehead atoms. The van der Waals surface area contributed by atoms with E-state index in [1.54, 1.807) is 0 Å². The molecule has 1 aromatic rings. The molecule has 2 aliphatic heterocycles. The predicted octanol–water partition coefficient (Wildman–Crippen LogP) is 3.03. The fourth-order valence-electron chi connectivity index (χ4n) is 5.15. The zero-order valence-corrected chi connectivity index (χ0v) is 15.4. The molecule has 5 heteroatoms. The van der Waals surface area contributed by atoms with Crippen LogP contribution in [0, 0.1) is 11.3 Å². The van der Waals surface area contributed by atoms with Crippen LogP contribution in [-0.4, -0.2) is 41.6 Å². The van der Waals surface area contributed by atoms with Crippen molar-refractivity contribution < 1.29 is 4.79 Å². The minimum absolute atomic E-state index is 0.146. The third-order valence-corrected chi connectivity index (χ3v) is 6.74. The van der Waals surface area contributed by atoms with Gasteiger partial charge in [-0.3, -0.25) is 9.69 Å². The fraction of sp³-hybridized carbons (Fsp3) is 0.619. The van der Waals surface area contributed by atoms with Crippen molar-refractivity contribution in [3.05, 3.63) is 30.3 Å². The normalized spacial score (nSPS) is 25.5. The second kappa shape index (κ2) is 6.92. The van der Waals surface area contributed by atoms with E-state index in [9.17, 15) is 10.1 Å². The molecular weight excluding hydrogens is 324 g/mol. The summed E-state index contributed by atoms with van der Waals surface area (Å²) >= 11 is 0. The highest BCUT2D eigenvalue weighted by atomic mass is 16.2. The van der Waals surface area contributed by atoms with Gasteiger partial charge in [0.1, 0.15) is 11.1 Å². The number of nitriles is 1. The number of nitrogens with one attached hydrogen (secondary N) is 1. The molecule has 1 spiro atoms. The van der Waals surface area contributed by atoms with Gasteiger partial charge in [0.2, 0.25) is 5.91 Å². The third kappa shape index (κ3) is 2.77. The first-order valence-electron chi connectivity index (χ1n) is 9.98. The molecule has 0 radical (unpaired) electrons. The zero-order chi connectivity index (χ0) is 18.0. The predicted molar refractivity (Wildman–Crippen MR) is 102 cm³/mol. The summed E-state index contributed by atoms with van der Waals surface area (Å²) in [5.41, 5.74) is 0.327. The molecule has 1 amide bonds. The van der Waals surface area contributed by atoms with Crippen LogP contribution in [0.1, 0.15) is 51.4 Å². The first kappa shape index (κ1) is 17.4. The lowest BCUT2D eigenvalue weighted by Crippen LogP contribution is -2.60. The summed E-state index contributed by atoms with van der Waals surface area (Å²) in [4.78, 5) is 17.4. The van der Waals surface area contributed by atoms with Crippen molar-refractivity contribution in [2.45, 2.75) is 62.4 Å². The van der Waals surface area contributed by atoms with E-state index in [2.05, 4.69) is 33.3 Å². The van der Waals surface area contributed by atoms with E-state index in [1.807, 2.05) is 18.2 Å². The van der Waals surface area contributed by atoms with E-state index in [-0.39, 0.29) is 11.4 Å². The Hall–Kier alpha value is -2.06. The molecule has 2 heterocycles. The van der Waals surface area contributed by atoms with Crippen molar-refractivity contribution in [3.63, 3.8) is 0 Å². The number of carbonyl (C=O) groups is 1. The van der Waals surface area contributed by atoms with Crippen molar-refractivity contribution in [1.82, 2.24) is 10.2 Å². The first-order valence-corrected chi connectivity index (χ1v) is 9.98. The molecule has 26 heavy (non-hydrogen) atoms. The lowest BCUT2D eigenvalue weighted by Gasteiger charge is -2.48. The minimum atomic E-state index is -0.459. The molecule has 5 nitrogen and oxygen atoms in total. The van der Waals surface area contributed by atoms with Gasteiger partial charge in [-0.25, -0.2) is 0 Å². The number of anilines is 1. The number of piperidine rings is 1. The average Bonchev–Trinajstić information content (AvgIpc) is 2.87. The highest BCUT2D eigenvalue weighted by molar-refractivity contribution is 5.93. The van der Waals surface area contributed by atoms with Crippen LogP contribution in [0.15, 0.2) is 30.3 Å². The molecule has 4 rings (SSSR count). The molecule has 1 aromatic carbocycles. The standard InChI is InChI=1S/C21H28N4O/c22-16-20(10-6-1-2-7-11-20)24-14-12-21(13-15-24)19(26)23-17-25(21)18-8-4-3-5-9-18/h3-5,8-9H,1-2,6-7,10-15,17H2,(H,23,26). The molecule has 1 N–H and O–H groups in total. The van der Waals surface area contributed by atoms with Crippen LogP contribution in [0.5, 0.6) is 0 Å². The number of carbonyl (C=O) groups excluding carboxylic acids is 1. The number of hydrogen-bond donors (Lipinski definition) is 1. The largest absolute Gasteiger partial charge is 0.339 e. The highest BCUT2D eigenvalue weighted by Gasteiger charge is 2.52. The van der Waals surface area contributed by atoms with E-state index >= 15 is 0 Å². The maximum atomic E-state index is 12.8. The SMILES string of the molecule is N#CC1(N2CCC3(CC2)C(=O)NCN3c2ccccc2)CCCCCC1. The van der Waals surface area contributed by atoms with Crippen molar-refractivity contribution in [2.75, 3.05) is 24.7 Å². The summed E-state index contributed by atoms with van der Waals surface area (Å²) in [5, 5.41) is 13.0. The lowest BCUT2D eigenvalue weighted by atomic mass is 9.81. The number of amides is 1. The maximum absolute atomic E-state index is 12.8. The maximum Gasteiger partial charge on any atom is 0.247 e. The number of nitrogens with zero attached hydrogens (tertiary/aromatic N) is 3. The van der Waals surface area contributed by atoms with Crippen LogP contribution in [0.2, 0.25) is 0 Å². The second-order valence-electron chi connectivity index (χ2n) is 8.00. The number of para-hydroxylation sites is 1. The number of likely N-dealkylation sites (tertiary alicyclic amines) is 1. The van der Waals surface area contributed by atoms with E-state index < -0.39 is 5.54 Å². The van der Waals surface area contributed by atoms with Gasteiger partial charge in [-0.2, -0.15) is 5.26 Å². The number of hydrogen-bond acceptors (Lipinski definition) is 4. The van der Waals surface area contributed by atoms with Gasteiger partial charge in [0, 0.05) is 18.8 Å². The Labute approximate surface area is 156 Å². The monoisotopic (exact) mass is 352 g/mol. The molecular formula is C21H28N4O. The molecule has 0 unspecified atom stereocenters. The third-order valence-electron chi connectivity index (χ3n) is 6.74. The van der Waals surface area contributed by atoms with Crippen LogP contribution < -0.4 is 10.2 Å². The van der Waals surface area contributed by atoms with Crippen LogP contribution in [0.4, 0.5) is 5.69 Å². The Bertz CT molecular complexity index is 680. The fourth-order valence-corrected chi connectivity index (χ4v) is 5.15. The number of benzene rings is 1. The molecule has 1 saturated carbocycles. The van der Waals surface area contributed by atoms with Gasteiger partial charge in [-0.1, -0.05) is 43.9 Å². The smallest absolute Gasteiger partial charge is 0.247 e. The van der Waals surface area contributed by atoms with Crippen molar-refractivity contribution >= 4 is 11.6 Å². The van der Waals surface area contributed by atoms with Gasteiger partial charge in [-0.15, -0.1) is 0 Å². The summed E-state index contributed by atoms with van der Waals surface area (Å²) in [6.07, 6.45) is 8.30. The second-order valence-corrected chi connectivity index (χ2v) is 8.00. The summed E-state index contributed by atoms with van der Waals surface area (Å²) in [6, 6.07) is 12.9. The minimum Gasteiger partial charge on any atom is -0.339 e. The first-order chi connectivity index (χ1) is 12.7. The van der Waals surface area contributed by atoms with Gasteiger partial charge in [-0.05, 0) is 37.8 Å². The van der Waals surface area contributed by atoms with Crippen molar-refractivity contribution in [3.8, 4) is 6.07 Å². The van der Waals surface area contributed by atoms with Crippen molar-refractivity contribution in [2.24, 2.45) is 0 Å². The molecule has 0 atom stereocenters.